The highest BCUT2D eigenvalue weighted by atomic mass is 79.9. The molecule has 0 aromatic heterocycles. The van der Waals surface area contributed by atoms with Gasteiger partial charge in [0, 0.05) is 7.11 Å². The molecule has 5 nitrogen and oxygen atoms in total. The Morgan fingerprint density at radius 2 is 2.00 bits per heavy atom. The number of thioether (sulfide) groups is 1. The molecule has 25 heavy (non-hydrogen) atoms. The van der Waals surface area contributed by atoms with Gasteiger partial charge in [-0.15, -0.1) is 0 Å². The molecule has 1 aliphatic heterocycles. The van der Waals surface area contributed by atoms with E-state index in [0.717, 1.165) is 10.0 Å². The van der Waals surface area contributed by atoms with E-state index < -0.39 is 0 Å². The molecule has 0 aliphatic carbocycles. The number of ether oxygens (including phenoxy) is 3. The van der Waals surface area contributed by atoms with E-state index >= 15 is 0 Å². The van der Waals surface area contributed by atoms with Crippen LogP contribution >= 0.6 is 39.9 Å². The molecule has 0 spiro atoms. The molecule has 1 fully saturated rings. The van der Waals surface area contributed by atoms with Gasteiger partial charge in [-0.1, -0.05) is 24.0 Å². The molecule has 1 aliphatic rings. The lowest BCUT2D eigenvalue weighted by atomic mass is 10.2. The molecular formula is C17H20BrNO4S2. The average Bonchev–Trinajstić information content (AvgIpc) is 2.83. The van der Waals surface area contributed by atoms with Gasteiger partial charge in [-0.2, -0.15) is 0 Å². The molecule has 1 heterocycles. The van der Waals surface area contributed by atoms with Crippen molar-refractivity contribution >= 4 is 56.2 Å². The Hall–Kier alpha value is -1.09. The van der Waals surface area contributed by atoms with Gasteiger partial charge >= 0.3 is 0 Å². The van der Waals surface area contributed by atoms with Crippen molar-refractivity contribution < 1.29 is 19.0 Å². The Kier molecular flexibility index (Phi) is 7.74. The van der Waals surface area contributed by atoms with Crippen LogP contribution in [0.5, 0.6) is 11.5 Å². The molecular weight excluding hydrogens is 426 g/mol. The number of carbonyl (C=O) groups excluding carboxylic acids is 1. The first-order valence-corrected chi connectivity index (χ1v) is 9.87. The summed E-state index contributed by atoms with van der Waals surface area (Å²) in [5.41, 5.74) is 0.839. The Balaban J connectivity index is 2.31. The molecule has 0 atom stereocenters. The van der Waals surface area contributed by atoms with Crippen molar-refractivity contribution in [2.24, 2.45) is 0 Å². The predicted octanol–water partition coefficient (Wildman–Crippen LogP) is 4.09. The highest BCUT2D eigenvalue weighted by Crippen LogP contribution is 2.39. The molecule has 1 aromatic carbocycles. The third-order valence-electron chi connectivity index (χ3n) is 3.31. The number of carbonyl (C=O) groups is 1. The molecule has 0 radical (unpaired) electrons. The second-order valence-electron chi connectivity index (χ2n) is 5.02. The van der Waals surface area contributed by atoms with Crippen LogP contribution < -0.4 is 9.47 Å². The topological polar surface area (TPSA) is 48.0 Å². The fourth-order valence-corrected chi connectivity index (χ4v) is 4.13. The van der Waals surface area contributed by atoms with Gasteiger partial charge in [0.05, 0.1) is 35.7 Å². The standard InChI is InChI=1S/C17H20BrNO4S2/c1-4-22-13-9-11(8-12(18)15(13)23-5-2)10-14-16(20)19(6-7-21-3)17(24)25-14/h8-10H,4-7H2,1-3H3/b14-10-. The molecule has 0 N–H and O–H groups in total. The monoisotopic (exact) mass is 445 g/mol. The van der Waals surface area contributed by atoms with Gasteiger partial charge in [-0.25, -0.2) is 0 Å². The van der Waals surface area contributed by atoms with E-state index in [1.165, 1.54) is 11.8 Å². The SMILES string of the molecule is CCOc1cc(/C=C2\SC(=S)N(CCOC)C2=O)cc(Br)c1OCC. The molecule has 0 saturated carbocycles. The van der Waals surface area contributed by atoms with Crippen LogP contribution in [0.2, 0.25) is 0 Å². The minimum absolute atomic E-state index is 0.102. The van der Waals surface area contributed by atoms with E-state index in [1.54, 1.807) is 12.0 Å². The number of thiocarbonyl (C=S) groups is 1. The predicted molar refractivity (Wildman–Crippen MR) is 108 cm³/mol. The zero-order valence-electron chi connectivity index (χ0n) is 14.3. The highest BCUT2D eigenvalue weighted by molar-refractivity contribution is 9.10. The van der Waals surface area contributed by atoms with Crippen molar-refractivity contribution in [1.29, 1.82) is 0 Å². The summed E-state index contributed by atoms with van der Waals surface area (Å²) >= 11 is 10.1. The van der Waals surface area contributed by atoms with Gasteiger partial charge in [0.1, 0.15) is 4.32 Å². The average molecular weight is 446 g/mol. The number of methoxy groups -OCH3 is 1. The molecule has 2 rings (SSSR count). The zero-order chi connectivity index (χ0) is 18.4. The lowest BCUT2D eigenvalue weighted by Gasteiger charge is -2.14. The zero-order valence-corrected chi connectivity index (χ0v) is 17.6. The maximum atomic E-state index is 12.5. The van der Waals surface area contributed by atoms with Crippen LogP contribution in [0, 0.1) is 0 Å². The molecule has 8 heteroatoms. The maximum absolute atomic E-state index is 12.5. The normalized spacial score (nSPS) is 16.0. The van der Waals surface area contributed by atoms with Crippen LogP contribution in [0.4, 0.5) is 0 Å². The first-order chi connectivity index (χ1) is 12.0. The minimum atomic E-state index is -0.102. The van der Waals surface area contributed by atoms with E-state index in [9.17, 15) is 4.79 Å². The fraction of sp³-hybridized carbons (Fsp3) is 0.412. The summed E-state index contributed by atoms with van der Waals surface area (Å²) in [6.45, 7) is 5.79. The Bertz CT molecular complexity index is 693. The number of hydrogen-bond donors (Lipinski definition) is 0. The molecule has 136 valence electrons. The Morgan fingerprint density at radius 1 is 1.28 bits per heavy atom. The number of halogens is 1. The van der Waals surface area contributed by atoms with Crippen LogP contribution in [0.1, 0.15) is 19.4 Å². The summed E-state index contributed by atoms with van der Waals surface area (Å²) in [6, 6.07) is 3.76. The van der Waals surface area contributed by atoms with E-state index in [2.05, 4.69) is 15.9 Å². The lowest BCUT2D eigenvalue weighted by molar-refractivity contribution is -0.122. The van der Waals surface area contributed by atoms with Gasteiger partial charge in [-0.3, -0.25) is 9.69 Å². The molecule has 1 saturated heterocycles. The van der Waals surface area contributed by atoms with Gasteiger partial charge in [0.25, 0.3) is 5.91 Å². The van der Waals surface area contributed by atoms with Gasteiger partial charge in [0.2, 0.25) is 0 Å². The van der Waals surface area contributed by atoms with Crippen molar-refractivity contribution in [2.75, 3.05) is 33.5 Å². The third-order valence-corrected chi connectivity index (χ3v) is 5.28. The number of rotatable bonds is 8. The van der Waals surface area contributed by atoms with Gasteiger partial charge < -0.3 is 14.2 Å². The molecule has 1 amide bonds. The summed E-state index contributed by atoms with van der Waals surface area (Å²) in [7, 11) is 1.60. The summed E-state index contributed by atoms with van der Waals surface area (Å²) in [6.07, 6.45) is 1.81. The van der Waals surface area contributed by atoms with Crippen LogP contribution in [0.15, 0.2) is 21.5 Å². The smallest absolute Gasteiger partial charge is 0.266 e. The Morgan fingerprint density at radius 3 is 2.64 bits per heavy atom. The minimum Gasteiger partial charge on any atom is -0.490 e. The van der Waals surface area contributed by atoms with Crippen LogP contribution in [-0.4, -0.2) is 48.6 Å². The molecule has 0 bridgehead atoms. The quantitative estimate of drug-likeness (QED) is 0.443. The second kappa shape index (κ2) is 9.56. The molecule has 0 unspecified atom stereocenters. The number of amides is 1. The van der Waals surface area contributed by atoms with Crippen molar-refractivity contribution in [1.82, 2.24) is 4.90 Å². The molecule has 1 aromatic rings. The van der Waals surface area contributed by atoms with Crippen molar-refractivity contribution in [2.45, 2.75) is 13.8 Å². The van der Waals surface area contributed by atoms with Crippen molar-refractivity contribution in [3.63, 3.8) is 0 Å². The van der Waals surface area contributed by atoms with Crippen LogP contribution in [0.25, 0.3) is 6.08 Å². The largest absolute Gasteiger partial charge is 0.490 e. The number of benzene rings is 1. The van der Waals surface area contributed by atoms with E-state index in [-0.39, 0.29) is 5.91 Å². The van der Waals surface area contributed by atoms with Crippen LogP contribution in [0.3, 0.4) is 0 Å². The summed E-state index contributed by atoms with van der Waals surface area (Å²) in [4.78, 5) is 14.7. The highest BCUT2D eigenvalue weighted by Gasteiger charge is 2.31. The van der Waals surface area contributed by atoms with E-state index in [4.69, 9.17) is 26.4 Å². The van der Waals surface area contributed by atoms with Gasteiger partial charge in [-0.05, 0) is 53.5 Å². The summed E-state index contributed by atoms with van der Waals surface area (Å²) in [5, 5.41) is 0. The van der Waals surface area contributed by atoms with E-state index in [1.807, 2.05) is 32.1 Å². The summed E-state index contributed by atoms with van der Waals surface area (Å²) < 4.78 is 17.7. The van der Waals surface area contributed by atoms with Crippen LogP contribution in [-0.2, 0) is 9.53 Å². The number of hydrogen-bond acceptors (Lipinski definition) is 6. The first kappa shape index (κ1) is 20.2. The van der Waals surface area contributed by atoms with E-state index in [0.29, 0.717) is 47.1 Å². The van der Waals surface area contributed by atoms with Crippen molar-refractivity contribution in [3.8, 4) is 11.5 Å². The van der Waals surface area contributed by atoms with Crippen molar-refractivity contribution in [3.05, 3.63) is 27.1 Å². The third kappa shape index (κ3) is 4.97. The summed E-state index contributed by atoms with van der Waals surface area (Å²) in [5.74, 6) is 1.20. The second-order valence-corrected chi connectivity index (χ2v) is 7.55. The Labute approximate surface area is 165 Å². The lowest BCUT2D eigenvalue weighted by Crippen LogP contribution is -2.31. The fourth-order valence-electron chi connectivity index (χ4n) is 2.25. The number of nitrogens with zero attached hydrogens (tertiary/aromatic N) is 1. The first-order valence-electron chi connectivity index (χ1n) is 7.85. The maximum Gasteiger partial charge on any atom is 0.266 e. The van der Waals surface area contributed by atoms with Gasteiger partial charge in [0.15, 0.2) is 11.5 Å².